The molecule has 172 valence electrons. The highest BCUT2D eigenvalue weighted by atomic mass is 79.9. The normalized spacial score (nSPS) is 11.0. The number of alkyl halides is 3. The van der Waals surface area contributed by atoms with Gasteiger partial charge in [-0.15, -0.1) is 0 Å². The first-order valence-electron chi connectivity index (χ1n) is 9.51. The van der Waals surface area contributed by atoms with Crippen LogP contribution in [0.1, 0.15) is 26.3 Å². The van der Waals surface area contributed by atoms with Gasteiger partial charge in [0.15, 0.2) is 0 Å². The minimum absolute atomic E-state index is 0.0349. The number of hydrogen-bond acceptors (Lipinski definition) is 4. The molecule has 1 aromatic carbocycles. The van der Waals surface area contributed by atoms with Crippen LogP contribution in [-0.4, -0.2) is 42.4 Å². The van der Waals surface area contributed by atoms with Gasteiger partial charge in [-0.1, -0.05) is 11.8 Å². The third-order valence-corrected chi connectivity index (χ3v) is 6.01. The maximum atomic E-state index is 13.1. The minimum atomic E-state index is -4.47. The summed E-state index contributed by atoms with van der Waals surface area (Å²) in [4.78, 5) is 24.1. The van der Waals surface area contributed by atoms with E-state index in [1.54, 1.807) is 36.5 Å². The van der Waals surface area contributed by atoms with Gasteiger partial charge in [0, 0.05) is 47.8 Å². The zero-order chi connectivity index (χ0) is 24.2. The highest BCUT2D eigenvalue weighted by Crippen LogP contribution is 2.40. The van der Waals surface area contributed by atoms with E-state index >= 15 is 0 Å². The lowest BCUT2D eigenvalue weighted by Crippen LogP contribution is -2.22. The smallest absolute Gasteiger partial charge is 0.373 e. The molecule has 0 atom stereocenters. The molecule has 3 N–H and O–H groups in total. The summed E-state index contributed by atoms with van der Waals surface area (Å²) in [6.45, 7) is 0.0623. The lowest BCUT2D eigenvalue weighted by molar-refractivity contribution is -0.0329. The van der Waals surface area contributed by atoms with Gasteiger partial charge in [-0.25, -0.2) is 0 Å². The Morgan fingerprint density at radius 2 is 1.85 bits per heavy atom. The molecule has 2 amide bonds. The van der Waals surface area contributed by atoms with Gasteiger partial charge in [0.1, 0.15) is 5.03 Å². The fourth-order valence-corrected chi connectivity index (χ4v) is 4.18. The maximum absolute atomic E-state index is 13.1. The molecule has 0 saturated carbocycles. The molecule has 0 aliphatic rings. The summed E-state index contributed by atoms with van der Waals surface area (Å²) >= 11 is 3.12. The Morgan fingerprint density at radius 1 is 1.12 bits per heavy atom. The van der Waals surface area contributed by atoms with Crippen LogP contribution in [0.2, 0.25) is 0 Å². The van der Waals surface area contributed by atoms with Crippen molar-refractivity contribution >= 4 is 50.7 Å². The molecule has 0 aliphatic heterocycles. The van der Waals surface area contributed by atoms with Crippen molar-refractivity contribution in [3.63, 3.8) is 0 Å². The fourth-order valence-electron chi connectivity index (χ4n) is 3.03. The van der Waals surface area contributed by atoms with E-state index in [2.05, 4.69) is 43.7 Å². The molecule has 3 rings (SSSR count). The van der Waals surface area contributed by atoms with Gasteiger partial charge < -0.3 is 20.4 Å². The summed E-state index contributed by atoms with van der Waals surface area (Å²) in [6, 6.07) is 9.53. The number of carbonyl (C=O) groups excluding carboxylic acids is 2. The zero-order valence-electron chi connectivity index (χ0n) is 17.4. The number of thioether (sulfide) groups is 1. The molecule has 0 saturated heterocycles. The van der Waals surface area contributed by atoms with Crippen molar-refractivity contribution in [3.8, 4) is 11.8 Å². The van der Waals surface area contributed by atoms with E-state index in [-0.39, 0.29) is 40.4 Å². The number of halogens is 4. The predicted molar refractivity (Wildman–Crippen MR) is 126 cm³/mol. The summed E-state index contributed by atoms with van der Waals surface area (Å²) in [5, 5.41) is 7.95. The lowest BCUT2D eigenvalue weighted by Gasteiger charge is -2.11. The molecule has 0 spiro atoms. The number of carbonyl (C=O) groups is 2. The molecular formula is C22H18BrF3N4O2S. The second kappa shape index (κ2) is 10.2. The Kier molecular flexibility index (Phi) is 7.61. The summed E-state index contributed by atoms with van der Waals surface area (Å²) in [5.41, 5.74) is -2.69. The number of fused-ring (bicyclic) bond motifs is 1. The Labute approximate surface area is 200 Å². The molecule has 0 aliphatic carbocycles. The number of hydrogen-bond donors (Lipinski definition) is 3. The maximum Gasteiger partial charge on any atom is 0.447 e. The Hall–Kier alpha value is -3.10. The Bertz CT molecular complexity index is 1280. The van der Waals surface area contributed by atoms with E-state index < -0.39 is 11.4 Å². The first kappa shape index (κ1) is 24.5. The number of nitrogens with zero attached hydrogens (tertiary/aromatic N) is 1. The van der Waals surface area contributed by atoms with Gasteiger partial charge in [0.2, 0.25) is 0 Å². The minimum Gasteiger partial charge on any atom is -0.373 e. The van der Waals surface area contributed by atoms with Crippen LogP contribution < -0.4 is 16.0 Å². The van der Waals surface area contributed by atoms with Crippen molar-refractivity contribution in [2.24, 2.45) is 0 Å². The van der Waals surface area contributed by atoms with Crippen molar-refractivity contribution < 1.29 is 22.8 Å². The molecule has 3 aromatic rings. The summed E-state index contributed by atoms with van der Waals surface area (Å²) in [5.74, 6) is 4.85. The van der Waals surface area contributed by atoms with Crippen LogP contribution in [0.4, 0.5) is 18.9 Å². The van der Waals surface area contributed by atoms with Crippen LogP contribution in [0.25, 0.3) is 5.52 Å². The molecular weight excluding hydrogens is 521 g/mol. The molecule has 2 heterocycles. The van der Waals surface area contributed by atoms with E-state index in [0.29, 0.717) is 21.2 Å². The van der Waals surface area contributed by atoms with Gasteiger partial charge >= 0.3 is 5.51 Å². The number of rotatable bonds is 5. The molecule has 2 aromatic heterocycles. The van der Waals surface area contributed by atoms with E-state index in [1.165, 1.54) is 24.6 Å². The van der Waals surface area contributed by atoms with Gasteiger partial charge in [0.25, 0.3) is 11.8 Å². The number of anilines is 1. The second-order valence-electron chi connectivity index (χ2n) is 6.60. The molecule has 0 fully saturated rings. The van der Waals surface area contributed by atoms with Crippen LogP contribution in [-0.2, 0) is 0 Å². The highest BCUT2D eigenvalue weighted by molar-refractivity contribution is 9.10. The lowest BCUT2D eigenvalue weighted by atomic mass is 10.1. The largest absolute Gasteiger partial charge is 0.447 e. The number of amides is 2. The van der Waals surface area contributed by atoms with Crippen LogP contribution in [0.5, 0.6) is 0 Å². The van der Waals surface area contributed by atoms with Gasteiger partial charge in [0.05, 0.1) is 23.2 Å². The average Bonchev–Trinajstić information content (AvgIpc) is 3.12. The van der Waals surface area contributed by atoms with Crippen molar-refractivity contribution in [1.29, 1.82) is 0 Å². The zero-order valence-corrected chi connectivity index (χ0v) is 19.8. The van der Waals surface area contributed by atoms with E-state index in [0.717, 1.165) is 0 Å². The van der Waals surface area contributed by atoms with Gasteiger partial charge in [-0.3, -0.25) is 9.59 Å². The molecule has 6 nitrogen and oxygen atoms in total. The van der Waals surface area contributed by atoms with E-state index in [1.807, 2.05) is 0 Å². The number of pyridine rings is 1. The molecule has 0 unspecified atom stereocenters. The number of aromatic nitrogens is 1. The van der Waals surface area contributed by atoms with Crippen LogP contribution >= 0.6 is 27.7 Å². The highest BCUT2D eigenvalue weighted by Gasteiger charge is 2.32. The standard InChI is InChI=1S/C22H18BrF3N4O2S/c1-27-19(31)13-7-8-17(15(11-13)20(32)28-2)29-9-3-5-14-12-18-16(23)6-4-10-30(18)21(14)33-22(24,25)26/h4,6-8,10-12,29H,9H2,1-2H3,(H,27,31)(H,28,32). The summed E-state index contributed by atoms with van der Waals surface area (Å²) < 4.78 is 41.4. The summed E-state index contributed by atoms with van der Waals surface area (Å²) in [7, 11) is 2.95. The average molecular weight is 539 g/mol. The Balaban J connectivity index is 1.88. The van der Waals surface area contributed by atoms with Crippen molar-refractivity contribution in [3.05, 3.63) is 63.8 Å². The quantitative estimate of drug-likeness (QED) is 0.330. The first-order chi connectivity index (χ1) is 15.6. The van der Waals surface area contributed by atoms with E-state index in [9.17, 15) is 22.8 Å². The summed E-state index contributed by atoms with van der Waals surface area (Å²) in [6.07, 6.45) is 1.54. The van der Waals surface area contributed by atoms with Crippen molar-refractivity contribution in [2.75, 3.05) is 26.0 Å². The third-order valence-electron chi connectivity index (χ3n) is 4.50. The SMILES string of the molecule is CNC(=O)c1ccc(NCC#Cc2cc3c(Br)cccn3c2SC(F)(F)F)c(C(=O)NC)c1. The predicted octanol–water partition coefficient (Wildman–Crippen LogP) is 4.50. The number of benzene rings is 1. The van der Waals surface area contributed by atoms with Crippen LogP contribution in [0, 0.1) is 11.8 Å². The first-order valence-corrected chi connectivity index (χ1v) is 11.1. The van der Waals surface area contributed by atoms with Crippen LogP contribution in [0.15, 0.2) is 52.1 Å². The van der Waals surface area contributed by atoms with Gasteiger partial charge in [-0.2, -0.15) is 13.2 Å². The molecule has 0 bridgehead atoms. The third kappa shape index (κ3) is 5.83. The van der Waals surface area contributed by atoms with Gasteiger partial charge in [-0.05, 0) is 52.3 Å². The second-order valence-corrected chi connectivity index (χ2v) is 8.50. The van der Waals surface area contributed by atoms with Crippen LogP contribution in [0.3, 0.4) is 0 Å². The topological polar surface area (TPSA) is 74.6 Å². The number of nitrogens with one attached hydrogen (secondary N) is 3. The fraction of sp³-hybridized carbons (Fsp3) is 0.182. The van der Waals surface area contributed by atoms with Crippen molar-refractivity contribution in [2.45, 2.75) is 10.5 Å². The molecule has 0 radical (unpaired) electrons. The molecule has 33 heavy (non-hydrogen) atoms. The monoisotopic (exact) mass is 538 g/mol. The molecule has 11 heteroatoms. The Morgan fingerprint density at radius 3 is 2.52 bits per heavy atom. The van der Waals surface area contributed by atoms with Crippen molar-refractivity contribution in [1.82, 2.24) is 15.0 Å². The van der Waals surface area contributed by atoms with E-state index in [4.69, 9.17) is 0 Å².